The van der Waals surface area contributed by atoms with Crippen LogP contribution in [0.1, 0.15) is 6.42 Å². The number of hydrogen-bond acceptors (Lipinski definition) is 3. The van der Waals surface area contributed by atoms with Crippen LogP contribution in [0.25, 0.3) is 0 Å². The van der Waals surface area contributed by atoms with Gasteiger partial charge in [0.25, 0.3) is 0 Å². The molecule has 0 aliphatic carbocycles. The van der Waals surface area contributed by atoms with E-state index in [1.54, 1.807) is 0 Å². The predicted octanol–water partition coefficient (Wildman–Crippen LogP) is -3.48. The van der Waals surface area contributed by atoms with E-state index in [1.165, 1.54) is 0 Å². The van der Waals surface area contributed by atoms with Gasteiger partial charge in [-0.25, -0.2) is 0 Å². The Labute approximate surface area is 89.3 Å². The van der Waals surface area contributed by atoms with Crippen molar-refractivity contribution in [2.24, 2.45) is 5.92 Å². The first-order valence-electron chi connectivity index (χ1n) is 4.11. The minimum atomic E-state index is -0.945. The molecule has 1 fully saturated rings. The first-order valence-corrected chi connectivity index (χ1v) is 4.11. The van der Waals surface area contributed by atoms with Crippen molar-refractivity contribution in [2.75, 3.05) is 13.1 Å². The summed E-state index contributed by atoms with van der Waals surface area (Å²) in [6.45, 7) is 1.68. The monoisotopic (exact) mass is 171 g/mol. The molecule has 0 N–H and O–H groups in total. The molecule has 0 amide bonds. The van der Waals surface area contributed by atoms with Crippen LogP contribution in [0.3, 0.4) is 0 Å². The number of carbonyl (C=O) groups is 1. The molecule has 0 spiro atoms. The molecule has 0 bridgehead atoms. The van der Waals surface area contributed by atoms with Crippen LogP contribution in [0.5, 0.6) is 0 Å². The Morgan fingerprint density at radius 3 is 3.08 bits per heavy atom. The predicted molar refractivity (Wildman–Crippen MR) is 41.9 cm³/mol. The Balaban J connectivity index is 0.000000845. The second-order valence-electron chi connectivity index (χ2n) is 3.13. The number of carboxylic acid groups (broad SMARTS) is 1. The summed E-state index contributed by atoms with van der Waals surface area (Å²) in [5.74, 6) is -1.33. The van der Waals surface area contributed by atoms with Gasteiger partial charge in [0.15, 0.2) is 0 Å². The number of aliphatic carboxylic acids is 1. The third-order valence-electron chi connectivity index (χ3n) is 2.42. The molecule has 1 unspecified atom stereocenters. The Bertz CT molecular complexity index is 273. The van der Waals surface area contributed by atoms with Gasteiger partial charge in [0.05, 0.1) is 5.97 Å². The van der Waals surface area contributed by atoms with Crippen molar-refractivity contribution in [1.29, 1.82) is 0 Å². The molecule has 13 heavy (non-hydrogen) atoms. The average Bonchev–Trinajstić information content (AvgIpc) is 2.47. The maximum absolute atomic E-state index is 10.7. The van der Waals surface area contributed by atoms with Crippen molar-refractivity contribution >= 4 is 5.97 Å². The maximum atomic E-state index is 10.7. The van der Waals surface area contributed by atoms with Gasteiger partial charge in [0, 0.05) is 24.7 Å². The van der Waals surface area contributed by atoms with Crippen molar-refractivity contribution < 1.29 is 28.8 Å². The van der Waals surface area contributed by atoms with Crippen LogP contribution in [-0.2, 0) is 4.79 Å². The molecule has 0 radical (unpaired) electrons. The van der Waals surface area contributed by atoms with E-state index in [4.69, 9.17) is 0 Å². The number of carbonyl (C=O) groups excluding carboxylic acids is 1. The molecule has 0 aromatic carbocycles. The number of fused-ring (bicyclic) bond motifs is 1. The smallest absolute Gasteiger partial charge is 0.549 e. The Morgan fingerprint density at radius 1 is 1.62 bits per heavy atom. The normalized spacial score (nSPS) is 24.8. The molecule has 2 rings (SSSR count). The number of carboxylic acids is 1. The molecule has 2 aliphatic heterocycles. The van der Waals surface area contributed by atoms with Crippen LogP contribution in [0.2, 0.25) is 0 Å². The Morgan fingerprint density at radius 2 is 2.38 bits per heavy atom. The summed E-state index contributed by atoms with van der Waals surface area (Å²) >= 11 is 0. The van der Waals surface area contributed by atoms with Crippen LogP contribution in [0.15, 0.2) is 23.9 Å². The van der Waals surface area contributed by atoms with Crippen molar-refractivity contribution in [3.63, 3.8) is 0 Å². The van der Waals surface area contributed by atoms with E-state index >= 15 is 0 Å². The average molecular weight is 171 g/mol. The molecule has 1 saturated heterocycles. The summed E-state index contributed by atoms with van der Waals surface area (Å²) in [7, 11) is 0. The van der Waals surface area contributed by atoms with Gasteiger partial charge in [0.1, 0.15) is 0 Å². The van der Waals surface area contributed by atoms with E-state index in [0.29, 0.717) is 6.42 Å². The molecule has 0 saturated carbocycles. The fourth-order valence-corrected chi connectivity index (χ4v) is 1.79. The van der Waals surface area contributed by atoms with Crippen molar-refractivity contribution in [3.05, 3.63) is 23.9 Å². The second kappa shape index (κ2) is 4.04. The number of rotatable bonds is 1. The second-order valence-corrected chi connectivity index (χ2v) is 3.13. The summed E-state index contributed by atoms with van der Waals surface area (Å²) in [5, 5.41) is 10.7. The van der Waals surface area contributed by atoms with Crippen LogP contribution in [0.4, 0.5) is 0 Å². The largest absolute Gasteiger partial charge is 1.00 e. The zero-order valence-electron chi connectivity index (χ0n) is 7.69. The first-order chi connectivity index (χ1) is 5.79. The zero-order chi connectivity index (χ0) is 8.55. The molecule has 1 atom stereocenters. The summed E-state index contributed by atoms with van der Waals surface area (Å²) in [5.41, 5.74) is 0.914. The molecule has 0 aromatic heterocycles. The third-order valence-corrected chi connectivity index (χ3v) is 2.42. The van der Waals surface area contributed by atoms with Crippen molar-refractivity contribution in [1.82, 2.24) is 4.90 Å². The van der Waals surface area contributed by atoms with Gasteiger partial charge in [-0.1, -0.05) is 12.2 Å². The van der Waals surface area contributed by atoms with E-state index in [9.17, 15) is 9.90 Å². The standard InChI is InChI=1S/C9H11NO2.Li/c11-9(12)7-4-6-10-5-2-1-3-8(7)10;/h1-3,7H,4-6H2,(H,11,12);/q;+1/p-1. The van der Waals surface area contributed by atoms with Gasteiger partial charge in [-0.2, -0.15) is 0 Å². The molecule has 3 nitrogen and oxygen atoms in total. The minimum Gasteiger partial charge on any atom is -0.549 e. The quantitative estimate of drug-likeness (QED) is 0.385. The van der Waals surface area contributed by atoms with Gasteiger partial charge in [0.2, 0.25) is 0 Å². The zero-order valence-corrected chi connectivity index (χ0v) is 7.69. The van der Waals surface area contributed by atoms with Gasteiger partial charge >= 0.3 is 18.9 Å². The number of nitrogens with zero attached hydrogens (tertiary/aromatic N) is 1. The van der Waals surface area contributed by atoms with Gasteiger partial charge in [-0.05, 0) is 12.5 Å². The molecule has 2 aliphatic rings. The number of allylic oxidation sites excluding steroid dienone is 2. The third kappa shape index (κ3) is 1.82. The van der Waals surface area contributed by atoms with E-state index in [0.717, 1.165) is 18.8 Å². The van der Waals surface area contributed by atoms with Crippen LogP contribution in [-0.4, -0.2) is 24.0 Å². The summed E-state index contributed by atoms with van der Waals surface area (Å²) < 4.78 is 0. The van der Waals surface area contributed by atoms with Gasteiger partial charge < -0.3 is 14.8 Å². The van der Waals surface area contributed by atoms with Crippen LogP contribution < -0.4 is 24.0 Å². The van der Waals surface area contributed by atoms with Crippen LogP contribution in [0, 0.1) is 5.92 Å². The van der Waals surface area contributed by atoms with E-state index in [-0.39, 0.29) is 24.8 Å². The van der Waals surface area contributed by atoms with Crippen molar-refractivity contribution in [2.45, 2.75) is 6.42 Å². The summed E-state index contributed by atoms with van der Waals surface area (Å²) in [4.78, 5) is 12.7. The Kier molecular flexibility index (Phi) is 3.24. The van der Waals surface area contributed by atoms with Gasteiger partial charge in [-0.15, -0.1) is 0 Å². The fraction of sp³-hybridized carbons (Fsp3) is 0.444. The van der Waals surface area contributed by atoms with E-state index in [1.807, 2.05) is 18.2 Å². The van der Waals surface area contributed by atoms with E-state index in [2.05, 4.69) is 4.90 Å². The minimum absolute atomic E-state index is 0. The topological polar surface area (TPSA) is 43.4 Å². The molecule has 64 valence electrons. The molecule has 4 heteroatoms. The SMILES string of the molecule is O=C([O-])C1CCN2CC=CC=C12.[Li+]. The van der Waals surface area contributed by atoms with Crippen LogP contribution >= 0.6 is 0 Å². The molecular weight excluding hydrogens is 161 g/mol. The Hall–Kier alpha value is -0.653. The number of hydrogen-bond donors (Lipinski definition) is 0. The first kappa shape index (κ1) is 10.4. The molecule has 2 heterocycles. The molecular formula is C9H10LiNO2. The molecule has 0 aromatic rings. The fourth-order valence-electron chi connectivity index (χ4n) is 1.79. The summed E-state index contributed by atoms with van der Waals surface area (Å²) in [6, 6.07) is 0. The van der Waals surface area contributed by atoms with E-state index < -0.39 is 5.97 Å². The summed E-state index contributed by atoms with van der Waals surface area (Å²) in [6.07, 6.45) is 6.50. The van der Waals surface area contributed by atoms with Gasteiger partial charge in [-0.3, -0.25) is 0 Å². The maximum Gasteiger partial charge on any atom is 1.00 e. The van der Waals surface area contributed by atoms with Crippen molar-refractivity contribution in [3.8, 4) is 0 Å².